The van der Waals surface area contributed by atoms with E-state index in [0.717, 1.165) is 18.6 Å². The largest absolute Gasteiger partial charge is 0.300 e. The van der Waals surface area contributed by atoms with Crippen LogP contribution < -0.4 is 0 Å². The molecular weight excluding hydrogens is 244 g/mol. The number of Topliss-reactive ketones (excluding diaryl/α,β-unsaturated/α-hetero) is 2. The average molecular weight is 262 g/mol. The fraction of sp³-hybridized carbons (Fsp3) is 0.467. The van der Waals surface area contributed by atoms with Gasteiger partial charge in [0.2, 0.25) is 0 Å². The molecule has 1 fully saturated rings. The van der Waals surface area contributed by atoms with Gasteiger partial charge in [-0.1, -0.05) is 18.2 Å². The maximum Gasteiger partial charge on any atom is 0.137 e. The number of thioether (sulfide) groups is 1. The Balaban J connectivity index is 1.73. The minimum atomic E-state index is 0.00243. The molecule has 0 amide bonds. The van der Waals surface area contributed by atoms with Crippen molar-refractivity contribution in [1.82, 2.24) is 0 Å². The summed E-state index contributed by atoms with van der Waals surface area (Å²) < 4.78 is 0. The second-order valence-electron chi connectivity index (χ2n) is 4.71. The Kier molecular flexibility index (Phi) is 5.00. The third-order valence-electron chi connectivity index (χ3n) is 3.30. The number of hydrogen-bond donors (Lipinski definition) is 0. The molecule has 1 atom stereocenters. The Morgan fingerprint density at radius 3 is 2.78 bits per heavy atom. The average Bonchev–Trinajstić information content (AvgIpc) is 2.40. The number of benzene rings is 1. The summed E-state index contributed by atoms with van der Waals surface area (Å²) in [6.07, 6.45) is 3.52. The van der Waals surface area contributed by atoms with Crippen LogP contribution in [0.1, 0.15) is 32.1 Å². The summed E-state index contributed by atoms with van der Waals surface area (Å²) in [5, 5.41) is 0. The van der Waals surface area contributed by atoms with Crippen LogP contribution in [0.2, 0.25) is 0 Å². The summed E-state index contributed by atoms with van der Waals surface area (Å²) in [5.41, 5.74) is 0. The van der Waals surface area contributed by atoms with Gasteiger partial charge < -0.3 is 0 Å². The van der Waals surface area contributed by atoms with E-state index < -0.39 is 0 Å². The Labute approximate surface area is 112 Å². The van der Waals surface area contributed by atoms with E-state index in [4.69, 9.17) is 0 Å². The monoisotopic (exact) mass is 262 g/mol. The van der Waals surface area contributed by atoms with Gasteiger partial charge in [-0.15, -0.1) is 11.8 Å². The zero-order chi connectivity index (χ0) is 12.8. The van der Waals surface area contributed by atoms with Crippen molar-refractivity contribution in [3.05, 3.63) is 30.3 Å². The molecule has 0 bridgehead atoms. The summed E-state index contributed by atoms with van der Waals surface area (Å²) in [6.45, 7) is 0. The van der Waals surface area contributed by atoms with Gasteiger partial charge in [0.1, 0.15) is 11.6 Å². The maximum atomic E-state index is 12.0. The molecule has 2 nitrogen and oxygen atoms in total. The van der Waals surface area contributed by atoms with E-state index in [1.807, 2.05) is 18.2 Å². The smallest absolute Gasteiger partial charge is 0.137 e. The van der Waals surface area contributed by atoms with Crippen LogP contribution in [0, 0.1) is 5.92 Å². The van der Waals surface area contributed by atoms with Gasteiger partial charge in [0, 0.05) is 35.8 Å². The molecule has 1 saturated carbocycles. The van der Waals surface area contributed by atoms with Gasteiger partial charge in [0.05, 0.1) is 0 Å². The van der Waals surface area contributed by atoms with Crippen LogP contribution in [-0.4, -0.2) is 17.3 Å². The van der Waals surface area contributed by atoms with Gasteiger partial charge in [-0.2, -0.15) is 0 Å². The molecule has 0 radical (unpaired) electrons. The summed E-state index contributed by atoms with van der Waals surface area (Å²) >= 11 is 1.71. The lowest BCUT2D eigenvalue weighted by molar-refractivity contribution is -0.129. The van der Waals surface area contributed by atoms with Gasteiger partial charge >= 0.3 is 0 Å². The van der Waals surface area contributed by atoms with Gasteiger partial charge in [-0.05, 0) is 25.0 Å². The van der Waals surface area contributed by atoms with Crippen molar-refractivity contribution in [2.24, 2.45) is 5.92 Å². The van der Waals surface area contributed by atoms with E-state index >= 15 is 0 Å². The number of rotatable bonds is 5. The fourth-order valence-electron chi connectivity index (χ4n) is 2.29. The van der Waals surface area contributed by atoms with Crippen molar-refractivity contribution in [3.8, 4) is 0 Å². The molecule has 0 saturated heterocycles. The van der Waals surface area contributed by atoms with Crippen molar-refractivity contribution in [3.63, 3.8) is 0 Å². The highest BCUT2D eigenvalue weighted by atomic mass is 32.2. The molecule has 0 aromatic heterocycles. The zero-order valence-corrected chi connectivity index (χ0v) is 11.2. The summed E-state index contributed by atoms with van der Waals surface area (Å²) in [4.78, 5) is 24.5. The van der Waals surface area contributed by atoms with E-state index in [9.17, 15) is 9.59 Å². The highest BCUT2D eigenvalue weighted by molar-refractivity contribution is 7.99. The van der Waals surface area contributed by atoms with Crippen LogP contribution in [0.3, 0.4) is 0 Å². The Morgan fingerprint density at radius 1 is 1.28 bits per heavy atom. The van der Waals surface area contributed by atoms with E-state index in [0.29, 0.717) is 19.3 Å². The number of hydrogen-bond acceptors (Lipinski definition) is 3. The molecule has 0 spiro atoms. The van der Waals surface area contributed by atoms with Crippen LogP contribution in [0.15, 0.2) is 35.2 Å². The predicted octanol–water partition coefficient (Wildman–Crippen LogP) is 3.50. The van der Waals surface area contributed by atoms with Crippen LogP contribution in [0.4, 0.5) is 0 Å². The van der Waals surface area contributed by atoms with E-state index in [1.54, 1.807) is 11.8 Å². The van der Waals surface area contributed by atoms with Gasteiger partial charge in [0.15, 0.2) is 0 Å². The van der Waals surface area contributed by atoms with Gasteiger partial charge in [-0.25, -0.2) is 0 Å². The minimum Gasteiger partial charge on any atom is -0.300 e. The predicted molar refractivity (Wildman–Crippen MR) is 73.8 cm³/mol. The number of ketones is 2. The Morgan fingerprint density at radius 2 is 2.06 bits per heavy atom. The first-order valence-corrected chi connectivity index (χ1v) is 7.46. The first-order valence-electron chi connectivity index (χ1n) is 6.48. The number of carbonyl (C=O) groups is 2. The molecule has 0 aliphatic heterocycles. The standard InChI is InChI=1S/C15H18O2S/c16-13-6-4-5-12(11-13)15(17)9-10-18-14-7-2-1-3-8-14/h1-3,7-8,12H,4-6,9-11H2. The molecule has 2 rings (SSSR count). The second kappa shape index (κ2) is 6.74. The third kappa shape index (κ3) is 3.98. The van der Waals surface area contributed by atoms with Crippen molar-refractivity contribution in [2.45, 2.75) is 37.0 Å². The van der Waals surface area contributed by atoms with Crippen molar-refractivity contribution < 1.29 is 9.59 Å². The van der Waals surface area contributed by atoms with E-state index in [2.05, 4.69) is 12.1 Å². The molecule has 1 aromatic carbocycles. The first kappa shape index (κ1) is 13.3. The van der Waals surface area contributed by atoms with Crippen LogP contribution in [0.25, 0.3) is 0 Å². The number of carbonyl (C=O) groups excluding carboxylic acids is 2. The highest BCUT2D eigenvalue weighted by Gasteiger charge is 2.24. The second-order valence-corrected chi connectivity index (χ2v) is 5.88. The van der Waals surface area contributed by atoms with Crippen LogP contribution in [0.5, 0.6) is 0 Å². The maximum absolute atomic E-state index is 12.0. The lowest BCUT2D eigenvalue weighted by Gasteiger charge is -2.19. The Bertz CT molecular complexity index is 414. The fourth-order valence-corrected chi connectivity index (χ4v) is 3.18. The normalized spacial score (nSPS) is 19.8. The minimum absolute atomic E-state index is 0.00243. The van der Waals surface area contributed by atoms with E-state index in [1.165, 1.54) is 4.90 Å². The highest BCUT2D eigenvalue weighted by Crippen LogP contribution is 2.25. The third-order valence-corrected chi connectivity index (χ3v) is 4.31. The van der Waals surface area contributed by atoms with Crippen molar-refractivity contribution >= 4 is 23.3 Å². The SMILES string of the molecule is O=C1CCCC(C(=O)CCSc2ccccc2)C1. The molecule has 96 valence electrons. The molecule has 0 heterocycles. The van der Waals surface area contributed by atoms with Crippen molar-refractivity contribution in [1.29, 1.82) is 0 Å². The topological polar surface area (TPSA) is 34.1 Å². The molecule has 1 aliphatic carbocycles. The molecule has 3 heteroatoms. The van der Waals surface area contributed by atoms with Crippen molar-refractivity contribution in [2.75, 3.05) is 5.75 Å². The lowest BCUT2D eigenvalue weighted by atomic mass is 9.85. The Hall–Kier alpha value is -1.09. The molecule has 1 aliphatic rings. The van der Waals surface area contributed by atoms with Crippen LogP contribution in [-0.2, 0) is 9.59 Å². The quantitative estimate of drug-likeness (QED) is 0.762. The van der Waals surface area contributed by atoms with Crippen LogP contribution >= 0.6 is 11.8 Å². The zero-order valence-electron chi connectivity index (χ0n) is 10.4. The van der Waals surface area contributed by atoms with Gasteiger partial charge in [-0.3, -0.25) is 9.59 Å². The molecule has 0 N–H and O–H groups in total. The summed E-state index contributed by atoms with van der Waals surface area (Å²) in [5.74, 6) is 1.34. The molecule has 18 heavy (non-hydrogen) atoms. The molecule has 1 unspecified atom stereocenters. The summed E-state index contributed by atoms with van der Waals surface area (Å²) in [6, 6.07) is 10.1. The molecular formula is C15H18O2S. The lowest BCUT2D eigenvalue weighted by Crippen LogP contribution is -2.23. The first-order chi connectivity index (χ1) is 8.75. The van der Waals surface area contributed by atoms with E-state index in [-0.39, 0.29) is 17.5 Å². The van der Waals surface area contributed by atoms with Gasteiger partial charge in [0.25, 0.3) is 0 Å². The molecule has 1 aromatic rings. The summed E-state index contributed by atoms with van der Waals surface area (Å²) in [7, 11) is 0.